The summed E-state index contributed by atoms with van der Waals surface area (Å²) in [6, 6.07) is 9.35. The van der Waals surface area contributed by atoms with E-state index in [2.05, 4.69) is 67.4 Å². The average molecular weight is 258 g/mol. The zero-order valence-electron chi connectivity index (χ0n) is 12.4. The molecule has 0 radical (unpaired) electrons. The first kappa shape index (κ1) is 14.1. The molecule has 1 unspecified atom stereocenters. The molecular weight excluding hydrogens is 232 g/mol. The Kier molecular flexibility index (Phi) is 5.03. The predicted molar refractivity (Wildman–Crippen MR) is 83.6 cm³/mol. The van der Waals surface area contributed by atoms with Gasteiger partial charge in [-0.3, -0.25) is 0 Å². The Morgan fingerprint density at radius 1 is 1.37 bits per heavy atom. The molecule has 0 aromatic heterocycles. The van der Waals surface area contributed by atoms with E-state index in [4.69, 9.17) is 0 Å². The van der Waals surface area contributed by atoms with E-state index in [0.717, 1.165) is 25.6 Å². The highest BCUT2D eigenvalue weighted by Crippen LogP contribution is 2.24. The van der Waals surface area contributed by atoms with E-state index in [-0.39, 0.29) is 0 Å². The van der Waals surface area contributed by atoms with Crippen LogP contribution in [0.5, 0.6) is 0 Å². The molecule has 1 aliphatic rings. The molecule has 1 aliphatic heterocycles. The number of benzene rings is 1. The van der Waals surface area contributed by atoms with Crippen molar-refractivity contribution in [3.63, 3.8) is 0 Å². The molecular formula is C17H26N2. The second-order valence-electron chi connectivity index (χ2n) is 5.81. The standard InChI is InChI=1S/C17H26N2/c1-4-5-10-19-13-16(11-14(2)3)18-12-15-8-6-7-9-17(15)19/h4-9,14,16,18H,10-13H2,1-3H3/b5-4+. The van der Waals surface area contributed by atoms with E-state index in [0.29, 0.717) is 6.04 Å². The van der Waals surface area contributed by atoms with Gasteiger partial charge in [0.15, 0.2) is 0 Å². The minimum Gasteiger partial charge on any atom is -0.366 e. The second kappa shape index (κ2) is 6.76. The summed E-state index contributed by atoms with van der Waals surface area (Å²) >= 11 is 0. The maximum atomic E-state index is 3.71. The number of rotatable bonds is 4. The van der Waals surface area contributed by atoms with Gasteiger partial charge in [0.25, 0.3) is 0 Å². The Labute approximate surface area is 117 Å². The first-order valence-corrected chi connectivity index (χ1v) is 7.38. The normalized spacial score (nSPS) is 19.8. The third-order valence-electron chi connectivity index (χ3n) is 3.67. The third kappa shape index (κ3) is 3.84. The summed E-state index contributed by atoms with van der Waals surface area (Å²) in [7, 11) is 0. The fourth-order valence-electron chi connectivity index (χ4n) is 2.78. The number of fused-ring (bicyclic) bond motifs is 1. The van der Waals surface area contributed by atoms with Gasteiger partial charge in [-0.2, -0.15) is 0 Å². The van der Waals surface area contributed by atoms with Crippen LogP contribution in [0, 0.1) is 5.92 Å². The molecule has 104 valence electrons. The van der Waals surface area contributed by atoms with Crippen LogP contribution in [-0.2, 0) is 6.54 Å². The number of hydrogen-bond donors (Lipinski definition) is 1. The van der Waals surface area contributed by atoms with Crippen LogP contribution in [0.2, 0.25) is 0 Å². The molecule has 1 aromatic rings. The van der Waals surface area contributed by atoms with Crippen molar-refractivity contribution >= 4 is 5.69 Å². The van der Waals surface area contributed by atoms with Crippen LogP contribution in [0.3, 0.4) is 0 Å². The molecule has 19 heavy (non-hydrogen) atoms. The van der Waals surface area contributed by atoms with E-state index in [1.807, 2.05) is 0 Å². The number of anilines is 1. The van der Waals surface area contributed by atoms with Crippen molar-refractivity contribution in [2.45, 2.75) is 39.8 Å². The summed E-state index contributed by atoms with van der Waals surface area (Å²) in [5.41, 5.74) is 2.80. The molecule has 2 nitrogen and oxygen atoms in total. The molecule has 1 atom stereocenters. The summed E-state index contributed by atoms with van der Waals surface area (Å²) in [6.45, 7) is 9.78. The maximum absolute atomic E-state index is 3.71. The number of hydrogen-bond acceptors (Lipinski definition) is 2. The second-order valence-corrected chi connectivity index (χ2v) is 5.81. The summed E-state index contributed by atoms with van der Waals surface area (Å²) in [6.07, 6.45) is 5.62. The Morgan fingerprint density at radius 2 is 2.16 bits per heavy atom. The first-order valence-electron chi connectivity index (χ1n) is 7.38. The molecule has 2 heteroatoms. The molecule has 0 bridgehead atoms. The van der Waals surface area contributed by atoms with E-state index in [9.17, 15) is 0 Å². The van der Waals surface area contributed by atoms with Gasteiger partial charge >= 0.3 is 0 Å². The average Bonchev–Trinajstić information content (AvgIpc) is 2.56. The summed E-state index contributed by atoms with van der Waals surface area (Å²) in [5.74, 6) is 0.738. The summed E-state index contributed by atoms with van der Waals surface area (Å²) in [4.78, 5) is 2.50. The van der Waals surface area contributed by atoms with Crippen molar-refractivity contribution in [1.29, 1.82) is 0 Å². The zero-order valence-corrected chi connectivity index (χ0v) is 12.4. The van der Waals surface area contributed by atoms with Gasteiger partial charge in [0.05, 0.1) is 0 Å². The SMILES string of the molecule is C/C=C/CN1CC(CC(C)C)NCc2ccccc21. The highest BCUT2D eigenvalue weighted by molar-refractivity contribution is 5.55. The predicted octanol–water partition coefficient (Wildman–Crippen LogP) is 3.59. The van der Waals surface area contributed by atoms with Crippen LogP contribution in [-0.4, -0.2) is 19.1 Å². The molecule has 0 spiro atoms. The van der Waals surface area contributed by atoms with Crippen LogP contribution in [0.25, 0.3) is 0 Å². The van der Waals surface area contributed by atoms with E-state index < -0.39 is 0 Å². The lowest BCUT2D eigenvalue weighted by Gasteiger charge is -2.27. The lowest BCUT2D eigenvalue weighted by molar-refractivity contribution is 0.424. The Hall–Kier alpha value is -1.28. The van der Waals surface area contributed by atoms with Gasteiger partial charge in [0.2, 0.25) is 0 Å². The van der Waals surface area contributed by atoms with Crippen molar-refractivity contribution in [2.24, 2.45) is 5.92 Å². The lowest BCUT2D eigenvalue weighted by atomic mass is 10.0. The van der Waals surface area contributed by atoms with Crippen molar-refractivity contribution in [3.8, 4) is 0 Å². The number of nitrogens with one attached hydrogen (secondary N) is 1. The molecule has 1 aromatic carbocycles. The van der Waals surface area contributed by atoms with E-state index in [1.165, 1.54) is 17.7 Å². The molecule has 0 fully saturated rings. The lowest BCUT2D eigenvalue weighted by Crippen LogP contribution is -2.39. The minimum atomic E-state index is 0.581. The first-order chi connectivity index (χ1) is 9.20. The summed E-state index contributed by atoms with van der Waals surface area (Å²) < 4.78 is 0. The van der Waals surface area contributed by atoms with Gasteiger partial charge in [-0.1, -0.05) is 44.2 Å². The van der Waals surface area contributed by atoms with Crippen LogP contribution < -0.4 is 10.2 Å². The topological polar surface area (TPSA) is 15.3 Å². The summed E-state index contributed by atoms with van der Waals surface area (Å²) in [5, 5.41) is 3.71. The van der Waals surface area contributed by atoms with Crippen molar-refractivity contribution < 1.29 is 0 Å². The Balaban J connectivity index is 2.19. The van der Waals surface area contributed by atoms with Crippen molar-refractivity contribution in [1.82, 2.24) is 5.32 Å². The monoisotopic (exact) mass is 258 g/mol. The maximum Gasteiger partial charge on any atom is 0.0415 e. The van der Waals surface area contributed by atoms with Gasteiger partial charge in [-0.05, 0) is 30.9 Å². The van der Waals surface area contributed by atoms with Crippen molar-refractivity contribution in [3.05, 3.63) is 42.0 Å². The van der Waals surface area contributed by atoms with Crippen molar-refractivity contribution in [2.75, 3.05) is 18.0 Å². The van der Waals surface area contributed by atoms with Gasteiger partial charge in [0, 0.05) is 31.4 Å². The quantitative estimate of drug-likeness (QED) is 0.830. The van der Waals surface area contributed by atoms with Crippen LogP contribution in [0.4, 0.5) is 5.69 Å². The largest absolute Gasteiger partial charge is 0.366 e. The smallest absolute Gasteiger partial charge is 0.0415 e. The van der Waals surface area contributed by atoms with E-state index >= 15 is 0 Å². The molecule has 2 rings (SSSR count). The fourth-order valence-corrected chi connectivity index (χ4v) is 2.78. The highest BCUT2D eigenvalue weighted by Gasteiger charge is 2.20. The van der Waals surface area contributed by atoms with Gasteiger partial charge in [0.1, 0.15) is 0 Å². The molecule has 0 aliphatic carbocycles. The third-order valence-corrected chi connectivity index (χ3v) is 3.67. The molecule has 1 heterocycles. The van der Waals surface area contributed by atoms with Gasteiger partial charge < -0.3 is 10.2 Å². The number of para-hydroxylation sites is 1. The number of nitrogens with zero attached hydrogens (tertiary/aromatic N) is 1. The Bertz CT molecular complexity index is 423. The van der Waals surface area contributed by atoms with Gasteiger partial charge in [-0.25, -0.2) is 0 Å². The molecule has 0 saturated carbocycles. The highest BCUT2D eigenvalue weighted by atomic mass is 15.2. The zero-order chi connectivity index (χ0) is 13.7. The molecule has 0 saturated heterocycles. The van der Waals surface area contributed by atoms with Crippen LogP contribution in [0.1, 0.15) is 32.8 Å². The minimum absolute atomic E-state index is 0.581. The molecule has 1 N–H and O–H groups in total. The Morgan fingerprint density at radius 3 is 2.89 bits per heavy atom. The van der Waals surface area contributed by atoms with Crippen LogP contribution >= 0.6 is 0 Å². The fraction of sp³-hybridized carbons (Fsp3) is 0.529. The van der Waals surface area contributed by atoms with E-state index in [1.54, 1.807) is 0 Å². The van der Waals surface area contributed by atoms with Crippen LogP contribution in [0.15, 0.2) is 36.4 Å². The molecule has 0 amide bonds. The van der Waals surface area contributed by atoms with Gasteiger partial charge in [-0.15, -0.1) is 0 Å². The number of allylic oxidation sites excluding steroid dienone is 1.